The molecule has 1 N–H and O–H groups in total. The van der Waals surface area contributed by atoms with Gasteiger partial charge in [-0.2, -0.15) is 0 Å². The molecular formula is C14H11N3O. The number of hydrogen-bond acceptors (Lipinski definition) is 3. The molecule has 0 fully saturated rings. The van der Waals surface area contributed by atoms with Crippen LogP contribution in [0, 0.1) is 0 Å². The zero-order chi connectivity index (χ0) is 12.4. The molecule has 1 atom stereocenters. The Morgan fingerprint density at radius 1 is 1.11 bits per heavy atom. The molecule has 4 heteroatoms. The van der Waals surface area contributed by atoms with Gasteiger partial charge in [0.25, 0.3) is 0 Å². The quantitative estimate of drug-likeness (QED) is 0.872. The summed E-state index contributed by atoms with van der Waals surface area (Å²) in [6.07, 6.45) is 3.31. The standard InChI is InChI=1S/C14H11N3O/c18-14(17-13-7-3-4-8-15-13)11-9-16-12-6-2-1-5-10(11)12/h1-9,11H,(H,15,17,18). The van der Waals surface area contributed by atoms with E-state index in [1.807, 2.05) is 36.4 Å². The third-order valence-electron chi connectivity index (χ3n) is 2.83. The van der Waals surface area contributed by atoms with E-state index in [1.54, 1.807) is 18.5 Å². The van der Waals surface area contributed by atoms with Crippen molar-refractivity contribution in [2.24, 2.45) is 4.99 Å². The lowest BCUT2D eigenvalue weighted by molar-refractivity contribution is -0.116. The molecule has 0 radical (unpaired) electrons. The molecular weight excluding hydrogens is 226 g/mol. The maximum Gasteiger partial charge on any atom is 0.238 e. The molecule has 0 saturated carbocycles. The van der Waals surface area contributed by atoms with E-state index in [1.165, 1.54) is 0 Å². The van der Waals surface area contributed by atoms with Crippen LogP contribution in [-0.4, -0.2) is 17.1 Å². The molecule has 2 aromatic rings. The van der Waals surface area contributed by atoms with E-state index in [4.69, 9.17) is 0 Å². The van der Waals surface area contributed by atoms with Crippen molar-refractivity contribution in [2.45, 2.75) is 5.92 Å². The molecule has 1 aromatic heterocycles. The highest BCUT2D eigenvalue weighted by Crippen LogP contribution is 2.32. The SMILES string of the molecule is O=C(Nc1ccccn1)C1C=Nc2ccccc21. The highest BCUT2D eigenvalue weighted by molar-refractivity contribution is 6.09. The molecule has 4 nitrogen and oxygen atoms in total. The predicted octanol–water partition coefficient (Wildman–Crippen LogP) is 2.52. The lowest BCUT2D eigenvalue weighted by Gasteiger charge is -2.09. The van der Waals surface area contributed by atoms with Crippen LogP contribution < -0.4 is 5.32 Å². The fourth-order valence-electron chi connectivity index (χ4n) is 1.95. The molecule has 1 aliphatic heterocycles. The Labute approximate surface area is 104 Å². The number of nitrogens with zero attached hydrogens (tertiary/aromatic N) is 2. The number of carbonyl (C=O) groups is 1. The van der Waals surface area contributed by atoms with Gasteiger partial charge in [-0.1, -0.05) is 24.3 Å². The lowest BCUT2D eigenvalue weighted by atomic mass is 10.0. The van der Waals surface area contributed by atoms with Gasteiger partial charge in [0.05, 0.1) is 5.69 Å². The van der Waals surface area contributed by atoms with Gasteiger partial charge < -0.3 is 5.32 Å². The van der Waals surface area contributed by atoms with Crippen LogP contribution in [0.2, 0.25) is 0 Å². The Hall–Kier alpha value is -2.49. The summed E-state index contributed by atoms with van der Waals surface area (Å²) in [6, 6.07) is 13.0. The first-order valence-electron chi connectivity index (χ1n) is 5.69. The molecule has 1 aliphatic rings. The average Bonchev–Trinajstić information content (AvgIpc) is 2.84. The maximum absolute atomic E-state index is 12.1. The minimum Gasteiger partial charge on any atom is -0.310 e. The van der Waals surface area contributed by atoms with E-state index < -0.39 is 0 Å². The van der Waals surface area contributed by atoms with Crippen molar-refractivity contribution in [3.63, 3.8) is 0 Å². The molecule has 1 amide bonds. The first-order valence-corrected chi connectivity index (χ1v) is 5.69. The molecule has 0 saturated heterocycles. The van der Waals surface area contributed by atoms with Gasteiger partial charge in [-0.05, 0) is 23.8 Å². The smallest absolute Gasteiger partial charge is 0.238 e. The van der Waals surface area contributed by atoms with Crippen molar-refractivity contribution in [2.75, 3.05) is 5.32 Å². The van der Waals surface area contributed by atoms with Crippen LogP contribution in [0.1, 0.15) is 11.5 Å². The summed E-state index contributed by atoms with van der Waals surface area (Å²) < 4.78 is 0. The van der Waals surface area contributed by atoms with E-state index in [0.29, 0.717) is 5.82 Å². The second kappa shape index (κ2) is 4.41. The largest absolute Gasteiger partial charge is 0.310 e. The third-order valence-corrected chi connectivity index (χ3v) is 2.83. The van der Waals surface area contributed by atoms with Crippen molar-refractivity contribution >= 4 is 23.6 Å². The number of fused-ring (bicyclic) bond motifs is 1. The predicted molar refractivity (Wildman–Crippen MR) is 70.2 cm³/mol. The van der Waals surface area contributed by atoms with Gasteiger partial charge in [0, 0.05) is 12.4 Å². The van der Waals surface area contributed by atoms with Crippen LogP contribution >= 0.6 is 0 Å². The normalized spacial score (nSPS) is 16.3. The van der Waals surface area contributed by atoms with Crippen molar-refractivity contribution in [3.8, 4) is 0 Å². The Kier molecular flexibility index (Phi) is 2.61. The molecule has 1 aromatic carbocycles. The fourth-order valence-corrected chi connectivity index (χ4v) is 1.95. The Balaban J connectivity index is 1.81. The molecule has 3 rings (SSSR count). The minimum absolute atomic E-state index is 0.109. The fraction of sp³-hybridized carbons (Fsp3) is 0.0714. The van der Waals surface area contributed by atoms with E-state index in [-0.39, 0.29) is 11.8 Å². The van der Waals surface area contributed by atoms with Gasteiger partial charge in [-0.25, -0.2) is 4.98 Å². The Bertz CT molecular complexity index is 607. The van der Waals surface area contributed by atoms with Crippen LogP contribution in [0.3, 0.4) is 0 Å². The summed E-state index contributed by atoms with van der Waals surface area (Å²) in [5.74, 6) is 0.117. The van der Waals surface area contributed by atoms with E-state index in [2.05, 4.69) is 15.3 Å². The third kappa shape index (κ3) is 1.88. The number of hydrogen-bond donors (Lipinski definition) is 1. The number of pyridine rings is 1. The molecule has 0 aliphatic carbocycles. The highest BCUT2D eigenvalue weighted by atomic mass is 16.1. The van der Waals surface area contributed by atoms with E-state index in [9.17, 15) is 4.79 Å². The molecule has 0 spiro atoms. The first kappa shape index (κ1) is 10.7. The highest BCUT2D eigenvalue weighted by Gasteiger charge is 2.25. The molecule has 0 bridgehead atoms. The molecule has 1 unspecified atom stereocenters. The van der Waals surface area contributed by atoms with Crippen LogP contribution in [0.15, 0.2) is 53.7 Å². The molecule has 88 valence electrons. The van der Waals surface area contributed by atoms with Crippen LogP contribution in [0.4, 0.5) is 11.5 Å². The average molecular weight is 237 g/mol. The van der Waals surface area contributed by atoms with E-state index in [0.717, 1.165) is 11.3 Å². The summed E-state index contributed by atoms with van der Waals surface area (Å²) >= 11 is 0. The second-order valence-corrected chi connectivity index (χ2v) is 4.02. The second-order valence-electron chi connectivity index (χ2n) is 4.02. The van der Waals surface area contributed by atoms with Gasteiger partial charge in [0.15, 0.2) is 0 Å². The van der Waals surface area contributed by atoms with E-state index >= 15 is 0 Å². The number of carbonyl (C=O) groups excluding carboxylic acids is 1. The number of benzene rings is 1. The summed E-state index contributed by atoms with van der Waals surface area (Å²) in [5, 5.41) is 2.78. The van der Waals surface area contributed by atoms with Gasteiger partial charge in [-0.3, -0.25) is 9.79 Å². The van der Waals surface area contributed by atoms with Gasteiger partial charge >= 0.3 is 0 Å². The van der Waals surface area contributed by atoms with Gasteiger partial charge in [0.1, 0.15) is 11.7 Å². The van der Waals surface area contributed by atoms with Crippen LogP contribution in [0.25, 0.3) is 0 Å². The molecule has 18 heavy (non-hydrogen) atoms. The monoisotopic (exact) mass is 237 g/mol. The Morgan fingerprint density at radius 2 is 1.94 bits per heavy atom. The molecule has 2 heterocycles. The van der Waals surface area contributed by atoms with Crippen molar-refractivity contribution in [1.29, 1.82) is 0 Å². The topological polar surface area (TPSA) is 54.4 Å². The van der Waals surface area contributed by atoms with Gasteiger partial charge in [0.2, 0.25) is 5.91 Å². The van der Waals surface area contributed by atoms with Crippen molar-refractivity contribution in [1.82, 2.24) is 4.98 Å². The number of nitrogens with one attached hydrogen (secondary N) is 1. The maximum atomic E-state index is 12.1. The minimum atomic E-state index is -0.330. The number of rotatable bonds is 2. The lowest BCUT2D eigenvalue weighted by Crippen LogP contribution is -2.21. The van der Waals surface area contributed by atoms with Crippen LogP contribution in [0.5, 0.6) is 0 Å². The number of aromatic nitrogens is 1. The Morgan fingerprint density at radius 3 is 2.78 bits per heavy atom. The van der Waals surface area contributed by atoms with Crippen LogP contribution in [-0.2, 0) is 4.79 Å². The number of anilines is 1. The van der Waals surface area contributed by atoms with Gasteiger partial charge in [-0.15, -0.1) is 0 Å². The summed E-state index contributed by atoms with van der Waals surface area (Å²) in [5.41, 5.74) is 1.80. The zero-order valence-corrected chi connectivity index (χ0v) is 9.58. The van der Waals surface area contributed by atoms with Crippen molar-refractivity contribution < 1.29 is 4.79 Å². The summed E-state index contributed by atoms with van der Waals surface area (Å²) in [4.78, 5) is 20.4. The number of para-hydroxylation sites is 1. The number of amides is 1. The van der Waals surface area contributed by atoms with Crippen molar-refractivity contribution in [3.05, 3.63) is 54.2 Å². The summed E-state index contributed by atoms with van der Waals surface area (Å²) in [6.45, 7) is 0. The number of aliphatic imine (C=N–C) groups is 1. The summed E-state index contributed by atoms with van der Waals surface area (Å²) in [7, 11) is 0. The first-order chi connectivity index (χ1) is 8.84. The zero-order valence-electron chi connectivity index (χ0n) is 9.58.